The number of halogens is 1. The first-order chi connectivity index (χ1) is 13.6. The molecule has 1 aromatic carbocycles. The molecule has 0 unspecified atom stereocenters. The molecule has 0 bridgehead atoms. The van der Waals surface area contributed by atoms with Gasteiger partial charge in [0.2, 0.25) is 0 Å². The zero-order chi connectivity index (χ0) is 19.3. The van der Waals surface area contributed by atoms with Crippen LogP contribution in [0.3, 0.4) is 0 Å². The van der Waals surface area contributed by atoms with E-state index in [1.807, 2.05) is 24.6 Å². The summed E-state index contributed by atoms with van der Waals surface area (Å²) in [6.07, 6.45) is 2.99. The van der Waals surface area contributed by atoms with Gasteiger partial charge in [-0.2, -0.15) is 5.10 Å². The highest BCUT2D eigenvalue weighted by Gasteiger charge is 2.26. The van der Waals surface area contributed by atoms with Crippen LogP contribution in [0, 0.1) is 5.82 Å². The van der Waals surface area contributed by atoms with E-state index < -0.39 is 5.82 Å². The highest BCUT2D eigenvalue weighted by Crippen LogP contribution is 2.37. The summed E-state index contributed by atoms with van der Waals surface area (Å²) in [6.45, 7) is 5.91. The van der Waals surface area contributed by atoms with Crippen LogP contribution in [0.4, 0.5) is 15.9 Å². The lowest BCUT2D eigenvalue weighted by molar-refractivity contribution is 0.231. The number of fused-ring (bicyclic) bond motifs is 2. The van der Waals surface area contributed by atoms with Gasteiger partial charge in [0, 0.05) is 24.2 Å². The average Bonchev–Trinajstić information content (AvgIpc) is 3.14. The lowest BCUT2D eigenvalue weighted by atomic mass is 9.98. The second-order valence-electron chi connectivity index (χ2n) is 7.01. The summed E-state index contributed by atoms with van der Waals surface area (Å²) < 4.78 is 21.6. The minimum atomic E-state index is -0.406. The molecule has 3 aromatic rings. The summed E-state index contributed by atoms with van der Waals surface area (Å²) in [6, 6.07) is 4.99. The molecule has 0 N–H and O–H groups in total. The molecule has 8 nitrogen and oxygen atoms in total. The number of aromatic nitrogens is 5. The Morgan fingerprint density at radius 3 is 2.82 bits per heavy atom. The van der Waals surface area contributed by atoms with E-state index in [-0.39, 0.29) is 11.9 Å². The molecule has 0 aliphatic carbocycles. The summed E-state index contributed by atoms with van der Waals surface area (Å²) >= 11 is 0. The predicted molar refractivity (Wildman–Crippen MR) is 101 cm³/mol. The Balaban J connectivity index is 1.43. The van der Waals surface area contributed by atoms with Gasteiger partial charge in [-0.1, -0.05) is 0 Å². The lowest BCUT2D eigenvalue weighted by Crippen LogP contribution is -2.35. The van der Waals surface area contributed by atoms with Crippen LogP contribution in [0.5, 0.6) is 5.75 Å². The monoisotopic (exact) mass is 379 g/mol. The summed E-state index contributed by atoms with van der Waals surface area (Å²) in [5.41, 5.74) is 2.86. The normalized spacial score (nSPS) is 15.0. The standard InChI is InChI=1S/C19H18FN7O/c1-11(2)28-16-5-12-14(6-13(16)20)25-19(12)15-7-17(22-9-21-15)26-3-4-27-18(8-26)23-10-24-27/h5-7,9-11H,3-4,8H2,1-2H3. The molecule has 28 heavy (non-hydrogen) atoms. The largest absolute Gasteiger partial charge is 0.488 e. The molecular weight excluding hydrogens is 361 g/mol. The van der Waals surface area contributed by atoms with Gasteiger partial charge in [0.25, 0.3) is 0 Å². The molecule has 142 valence electrons. The van der Waals surface area contributed by atoms with Crippen molar-refractivity contribution in [2.45, 2.75) is 33.0 Å². The number of nitrogens with zero attached hydrogens (tertiary/aromatic N) is 7. The van der Waals surface area contributed by atoms with Gasteiger partial charge in [0.05, 0.1) is 36.3 Å². The number of hydrogen-bond acceptors (Lipinski definition) is 7. The molecule has 0 fully saturated rings. The van der Waals surface area contributed by atoms with Crippen LogP contribution in [-0.4, -0.2) is 43.1 Å². The van der Waals surface area contributed by atoms with Gasteiger partial charge >= 0.3 is 0 Å². The Labute approximate surface area is 160 Å². The zero-order valence-electron chi connectivity index (χ0n) is 15.5. The summed E-state index contributed by atoms with van der Waals surface area (Å²) in [7, 11) is 0. The van der Waals surface area contributed by atoms with Crippen molar-refractivity contribution in [3.8, 4) is 5.75 Å². The van der Waals surface area contributed by atoms with Gasteiger partial charge < -0.3 is 9.64 Å². The van der Waals surface area contributed by atoms with Gasteiger partial charge in [0.1, 0.15) is 24.3 Å². The predicted octanol–water partition coefficient (Wildman–Crippen LogP) is 2.50. The molecule has 0 spiro atoms. The summed E-state index contributed by atoms with van der Waals surface area (Å²) in [5, 5.41) is 4.20. The Kier molecular flexibility index (Phi) is 3.81. The van der Waals surface area contributed by atoms with Gasteiger partial charge in [-0.25, -0.2) is 29.0 Å². The van der Waals surface area contributed by atoms with Crippen LogP contribution in [0.25, 0.3) is 0 Å². The fraction of sp³-hybridized carbons (Fsp3) is 0.316. The van der Waals surface area contributed by atoms with Crippen LogP contribution < -0.4 is 9.64 Å². The fourth-order valence-corrected chi connectivity index (χ4v) is 3.40. The van der Waals surface area contributed by atoms with Crippen molar-refractivity contribution in [1.82, 2.24) is 24.7 Å². The molecule has 4 heterocycles. The maximum absolute atomic E-state index is 14.1. The van der Waals surface area contributed by atoms with Crippen molar-refractivity contribution >= 4 is 17.2 Å². The molecule has 2 aliphatic rings. The van der Waals surface area contributed by atoms with Gasteiger partial charge in [-0.15, -0.1) is 0 Å². The van der Waals surface area contributed by atoms with Crippen molar-refractivity contribution in [2.75, 3.05) is 11.4 Å². The van der Waals surface area contributed by atoms with Crippen molar-refractivity contribution in [3.63, 3.8) is 0 Å². The van der Waals surface area contributed by atoms with Gasteiger partial charge in [0.15, 0.2) is 11.6 Å². The Bertz CT molecular complexity index is 1090. The molecule has 0 saturated heterocycles. The Hall–Kier alpha value is -3.36. The van der Waals surface area contributed by atoms with Crippen LogP contribution in [0.1, 0.15) is 30.9 Å². The van der Waals surface area contributed by atoms with Crippen LogP contribution in [0.2, 0.25) is 0 Å². The molecule has 0 saturated carbocycles. The molecule has 5 rings (SSSR count). The second-order valence-corrected chi connectivity index (χ2v) is 7.01. The highest BCUT2D eigenvalue weighted by molar-refractivity contribution is 6.21. The number of hydrogen-bond donors (Lipinski definition) is 0. The fourth-order valence-electron chi connectivity index (χ4n) is 3.40. The quantitative estimate of drug-likeness (QED) is 0.542. The van der Waals surface area contributed by atoms with E-state index in [1.54, 1.807) is 12.4 Å². The topological polar surface area (TPSA) is 81.3 Å². The van der Waals surface area contributed by atoms with Crippen LogP contribution in [-0.2, 0) is 13.1 Å². The third-order valence-electron chi connectivity index (χ3n) is 4.73. The number of ether oxygens (including phenoxy) is 1. The van der Waals surface area contributed by atoms with Crippen molar-refractivity contribution in [3.05, 3.63) is 53.8 Å². The van der Waals surface area contributed by atoms with E-state index >= 15 is 0 Å². The first-order valence-corrected chi connectivity index (χ1v) is 9.12. The second kappa shape index (κ2) is 6.36. The third kappa shape index (κ3) is 2.79. The van der Waals surface area contributed by atoms with Crippen LogP contribution in [0.15, 0.2) is 35.8 Å². The van der Waals surface area contributed by atoms with Crippen molar-refractivity contribution in [2.24, 2.45) is 4.99 Å². The Morgan fingerprint density at radius 2 is 1.96 bits per heavy atom. The van der Waals surface area contributed by atoms with E-state index in [0.717, 1.165) is 30.3 Å². The van der Waals surface area contributed by atoms with E-state index in [0.29, 0.717) is 23.6 Å². The maximum atomic E-state index is 14.1. The van der Waals surface area contributed by atoms with Crippen molar-refractivity contribution < 1.29 is 9.13 Å². The summed E-state index contributed by atoms with van der Waals surface area (Å²) in [4.78, 5) is 19.6. The van der Waals surface area contributed by atoms with E-state index in [2.05, 4.69) is 29.9 Å². The minimum Gasteiger partial charge on any atom is -0.488 e. The first kappa shape index (κ1) is 16.8. The zero-order valence-corrected chi connectivity index (χ0v) is 15.5. The molecule has 0 atom stereocenters. The number of benzene rings is 1. The lowest BCUT2D eigenvalue weighted by Gasteiger charge is -2.28. The maximum Gasteiger partial charge on any atom is 0.167 e. The summed E-state index contributed by atoms with van der Waals surface area (Å²) in [5.74, 6) is 1.53. The molecular formula is C19H18FN7O. The first-order valence-electron chi connectivity index (χ1n) is 9.12. The van der Waals surface area contributed by atoms with Crippen molar-refractivity contribution in [1.29, 1.82) is 0 Å². The smallest absolute Gasteiger partial charge is 0.167 e. The SMILES string of the molecule is CC(C)Oc1cc2c(cc1F)N=C2c1cc(N2CCn3ncnc3C2)ncn1. The van der Waals surface area contributed by atoms with Gasteiger partial charge in [-0.3, -0.25) is 0 Å². The molecule has 9 heteroatoms. The number of rotatable bonds is 4. The van der Waals surface area contributed by atoms with E-state index in [9.17, 15) is 4.39 Å². The van der Waals surface area contributed by atoms with E-state index in [1.165, 1.54) is 12.4 Å². The molecule has 0 amide bonds. The highest BCUT2D eigenvalue weighted by atomic mass is 19.1. The number of aliphatic imine (C=N–C) groups is 1. The third-order valence-corrected chi connectivity index (χ3v) is 4.73. The Morgan fingerprint density at radius 1 is 1.07 bits per heavy atom. The van der Waals surface area contributed by atoms with Crippen LogP contribution >= 0.6 is 0 Å². The number of anilines is 1. The molecule has 2 aromatic heterocycles. The van der Waals surface area contributed by atoms with E-state index in [4.69, 9.17) is 4.74 Å². The van der Waals surface area contributed by atoms with Gasteiger partial charge in [-0.05, 0) is 19.9 Å². The minimum absolute atomic E-state index is 0.111. The molecule has 2 aliphatic heterocycles. The molecule has 0 radical (unpaired) electrons. The average molecular weight is 379 g/mol.